The Bertz CT molecular complexity index is 1320. The van der Waals surface area contributed by atoms with Crippen LogP contribution in [0.4, 0.5) is 4.39 Å². The van der Waals surface area contributed by atoms with E-state index >= 15 is 4.39 Å². The molecule has 1 atom stereocenters. The molecular formula is C21H16FN5O. The lowest BCUT2D eigenvalue weighted by atomic mass is 9.93. The van der Waals surface area contributed by atoms with Gasteiger partial charge >= 0.3 is 0 Å². The van der Waals surface area contributed by atoms with Crippen LogP contribution in [-0.4, -0.2) is 24.7 Å². The lowest BCUT2D eigenvalue weighted by molar-refractivity contribution is 0.240. The fourth-order valence-electron chi connectivity index (χ4n) is 3.32. The lowest BCUT2D eigenvalue weighted by Gasteiger charge is -2.20. The van der Waals surface area contributed by atoms with Crippen LogP contribution < -0.4 is 0 Å². The van der Waals surface area contributed by atoms with Crippen molar-refractivity contribution >= 4 is 16.6 Å². The van der Waals surface area contributed by atoms with Crippen molar-refractivity contribution in [2.45, 2.75) is 19.5 Å². The first kappa shape index (κ1) is 16.6. The molecule has 6 nitrogen and oxygen atoms in total. The number of hydrogen-bond acceptors (Lipinski definition) is 5. The third-order valence-electron chi connectivity index (χ3n) is 4.87. The van der Waals surface area contributed by atoms with Crippen LogP contribution in [0.15, 0.2) is 65.4 Å². The molecule has 4 aromatic heterocycles. The summed E-state index contributed by atoms with van der Waals surface area (Å²) in [6.45, 7) is 3.35. The zero-order chi connectivity index (χ0) is 19.3. The molecule has 0 aliphatic carbocycles. The Morgan fingerprint density at radius 1 is 1.07 bits per heavy atom. The van der Waals surface area contributed by atoms with Gasteiger partial charge in [0.15, 0.2) is 17.1 Å². The van der Waals surface area contributed by atoms with E-state index in [-0.39, 0.29) is 0 Å². The van der Waals surface area contributed by atoms with E-state index in [0.717, 1.165) is 16.6 Å². The molecule has 0 spiro atoms. The van der Waals surface area contributed by atoms with Crippen molar-refractivity contribution in [3.63, 3.8) is 0 Å². The number of nitrogens with zero attached hydrogens (tertiary/aromatic N) is 5. The van der Waals surface area contributed by atoms with Crippen LogP contribution in [0.5, 0.6) is 0 Å². The predicted octanol–water partition coefficient (Wildman–Crippen LogP) is 4.47. The van der Waals surface area contributed by atoms with Gasteiger partial charge in [-0.2, -0.15) is 5.10 Å². The molecule has 0 saturated carbocycles. The van der Waals surface area contributed by atoms with E-state index in [1.807, 2.05) is 31.2 Å². The van der Waals surface area contributed by atoms with Gasteiger partial charge in [-0.15, -0.1) is 0 Å². The average Bonchev–Trinajstić information content (AvgIpc) is 3.33. The van der Waals surface area contributed by atoms with Crippen molar-refractivity contribution in [1.82, 2.24) is 24.7 Å². The molecule has 5 rings (SSSR count). The Morgan fingerprint density at radius 2 is 1.96 bits per heavy atom. The summed E-state index contributed by atoms with van der Waals surface area (Å²) >= 11 is 0. The summed E-state index contributed by atoms with van der Waals surface area (Å²) in [5, 5.41) is 9.31. The van der Waals surface area contributed by atoms with Crippen molar-refractivity contribution in [2.24, 2.45) is 0 Å². The monoisotopic (exact) mass is 373 g/mol. The van der Waals surface area contributed by atoms with Crippen LogP contribution in [0, 0.1) is 6.92 Å². The van der Waals surface area contributed by atoms with E-state index in [4.69, 9.17) is 4.52 Å². The van der Waals surface area contributed by atoms with Crippen LogP contribution in [0.2, 0.25) is 0 Å². The van der Waals surface area contributed by atoms with Crippen molar-refractivity contribution in [3.8, 4) is 11.5 Å². The van der Waals surface area contributed by atoms with Crippen molar-refractivity contribution in [1.29, 1.82) is 0 Å². The minimum Gasteiger partial charge on any atom is -0.354 e. The van der Waals surface area contributed by atoms with Gasteiger partial charge in [0, 0.05) is 17.6 Å². The quantitative estimate of drug-likeness (QED) is 0.467. The van der Waals surface area contributed by atoms with Gasteiger partial charge in [0.1, 0.15) is 11.4 Å². The molecule has 28 heavy (non-hydrogen) atoms. The first-order valence-corrected chi connectivity index (χ1v) is 8.85. The molecule has 1 aromatic carbocycles. The van der Waals surface area contributed by atoms with Crippen LogP contribution in [-0.2, 0) is 5.67 Å². The molecule has 5 aromatic rings. The molecule has 0 aliphatic rings. The molecule has 0 aliphatic heterocycles. The largest absolute Gasteiger partial charge is 0.354 e. The number of halogens is 1. The molecule has 0 bridgehead atoms. The SMILES string of the molecule is Cc1cc(-c2ccc3ncc(C(C)(F)c4ccc5ncccc5c4)n3n2)on1. The zero-order valence-corrected chi connectivity index (χ0v) is 15.3. The van der Waals surface area contributed by atoms with E-state index < -0.39 is 5.67 Å². The maximum Gasteiger partial charge on any atom is 0.187 e. The van der Waals surface area contributed by atoms with Gasteiger partial charge in [0.05, 0.1) is 17.4 Å². The Labute approximate surface area is 159 Å². The summed E-state index contributed by atoms with van der Waals surface area (Å²) in [7, 11) is 0. The minimum atomic E-state index is -1.80. The van der Waals surface area contributed by atoms with Crippen LogP contribution >= 0.6 is 0 Å². The number of alkyl halides is 1. The van der Waals surface area contributed by atoms with Crippen LogP contribution in [0.1, 0.15) is 23.9 Å². The number of aromatic nitrogens is 5. The summed E-state index contributed by atoms with van der Waals surface area (Å²) in [4.78, 5) is 8.61. The summed E-state index contributed by atoms with van der Waals surface area (Å²) in [6, 6.07) is 14.5. The Kier molecular flexibility index (Phi) is 3.52. The number of imidazole rings is 1. The third kappa shape index (κ3) is 2.55. The number of fused-ring (bicyclic) bond motifs is 2. The van der Waals surface area contributed by atoms with Gasteiger partial charge in [0.2, 0.25) is 0 Å². The fourth-order valence-corrected chi connectivity index (χ4v) is 3.32. The fraction of sp³-hybridized carbons (Fsp3) is 0.143. The highest BCUT2D eigenvalue weighted by Gasteiger charge is 2.33. The first-order valence-electron chi connectivity index (χ1n) is 8.85. The highest BCUT2D eigenvalue weighted by atomic mass is 19.1. The zero-order valence-electron chi connectivity index (χ0n) is 15.3. The lowest BCUT2D eigenvalue weighted by Crippen LogP contribution is -2.20. The van der Waals surface area contributed by atoms with Gasteiger partial charge in [-0.25, -0.2) is 13.9 Å². The normalized spacial score (nSPS) is 13.8. The molecule has 0 amide bonds. The maximum atomic E-state index is 16.0. The second-order valence-corrected chi connectivity index (χ2v) is 6.88. The molecular weight excluding hydrogens is 357 g/mol. The molecule has 1 unspecified atom stereocenters. The smallest absolute Gasteiger partial charge is 0.187 e. The number of benzene rings is 1. The molecule has 0 saturated heterocycles. The molecule has 0 N–H and O–H groups in total. The standard InChI is InChI=1S/C21H16FN5O/c1-13-10-18(28-26-13)17-7-8-20-24-12-19(27(20)25-17)21(2,22)15-5-6-16-14(11-15)4-3-9-23-16/h3-12H,1-2H3. The van der Waals surface area contributed by atoms with Crippen LogP contribution in [0.25, 0.3) is 28.0 Å². The number of pyridine rings is 1. The van der Waals surface area contributed by atoms with Gasteiger partial charge < -0.3 is 4.52 Å². The van der Waals surface area contributed by atoms with E-state index in [9.17, 15) is 0 Å². The van der Waals surface area contributed by atoms with Gasteiger partial charge in [-0.1, -0.05) is 17.3 Å². The summed E-state index contributed by atoms with van der Waals surface area (Å²) in [5.74, 6) is 0.524. The first-order chi connectivity index (χ1) is 13.5. The molecule has 138 valence electrons. The topological polar surface area (TPSA) is 69.1 Å². The highest BCUT2D eigenvalue weighted by molar-refractivity contribution is 5.79. The molecule has 0 fully saturated rings. The highest BCUT2D eigenvalue weighted by Crippen LogP contribution is 2.35. The Hall–Kier alpha value is -3.61. The number of hydrogen-bond donors (Lipinski definition) is 0. The second-order valence-electron chi connectivity index (χ2n) is 6.88. The van der Waals surface area contributed by atoms with E-state index in [1.54, 1.807) is 30.5 Å². The second kappa shape index (κ2) is 5.95. The van der Waals surface area contributed by atoms with Gasteiger partial charge in [-0.05, 0) is 49.7 Å². The van der Waals surface area contributed by atoms with Crippen molar-refractivity contribution in [3.05, 3.63) is 77.9 Å². The van der Waals surface area contributed by atoms with E-state index in [1.165, 1.54) is 17.6 Å². The Morgan fingerprint density at radius 3 is 2.79 bits per heavy atom. The molecule has 4 heterocycles. The summed E-state index contributed by atoms with van der Waals surface area (Å²) in [6.07, 6.45) is 3.24. The van der Waals surface area contributed by atoms with Crippen LogP contribution in [0.3, 0.4) is 0 Å². The van der Waals surface area contributed by atoms with Crippen molar-refractivity contribution < 1.29 is 8.91 Å². The molecule has 0 radical (unpaired) electrons. The van der Waals surface area contributed by atoms with Gasteiger partial charge in [-0.3, -0.25) is 4.98 Å². The van der Waals surface area contributed by atoms with Gasteiger partial charge in [0.25, 0.3) is 0 Å². The maximum absolute atomic E-state index is 16.0. The third-order valence-corrected chi connectivity index (χ3v) is 4.87. The summed E-state index contributed by atoms with van der Waals surface area (Å²) < 4.78 is 22.8. The summed E-state index contributed by atoms with van der Waals surface area (Å²) in [5.41, 5.74) is 1.74. The minimum absolute atomic E-state index is 0.337. The van der Waals surface area contributed by atoms with Crippen molar-refractivity contribution in [2.75, 3.05) is 0 Å². The Balaban J connectivity index is 1.65. The average molecular weight is 373 g/mol. The number of rotatable bonds is 3. The van der Waals surface area contributed by atoms with E-state index in [0.29, 0.717) is 28.4 Å². The predicted molar refractivity (Wildman–Crippen MR) is 103 cm³/mol. The number of aryl methyl sites for hydroxylation is 1. The molecule has 7 heteroatoms. The van der Waals surface area contributed by atoms with E-state index in [2.05, 4.69) is 20.2 Å².